The highest BCUT2D eigenvalue weighted by molar-refractivity contribution is 7.12. The monoisotopic (exact) mass is 415 g/mol. The minimum atomic E-state index is -0.717. The van der Waals surface area contributed by atoms with Crippen molar-refractivity contribution in [1.82, 2.24) is 9.55 Å². The van der Waals surface area contributed by atoms with Crippen molar-refractivity contribution in [2.24, 2.45) is 0 Å². The van der Waals surface area contributed by atoms with E-state index in [0.29, 0.717) is 5.56 Å². The number of nitrogens with zero attached hydrogens (tertiary/aromatic N) is 3. The van der Waals surface area contributed by atoms with Crippen LogP contribution in [0.1, 0.15) is 21.7 Å². The maximum Gasteiger partial charge on any atom is 0.344 e. The van der Waals surface area contributed by atoms with E-state index in [2.05, 4.69) is 4.98 Å². The van der Waals surface area contributed by atoms with Crippen LogP contribution in [0, 0.1) is 24.0 Å². The normalized spacial score (nSPS) is 10.6. The van der Waals surface area contributed by atoms with E-state index in [0.717, 1.165) is 16.5 Å². The number of ether oxygens (including phenoxy) is 2. The molecule has 2 aromatic heterocycles. The lowest BCUT2D eigenvalue weighted by Crippen LogP contribution is -2.19. The highest BCUT2D eigenvalue weighted by Crippen LogP contribution is 2.22. The summed E-state index contributed by atoms with van der Waals surface area (Å²) in [5.74, 6) is -0.763. The quantitative estimate of drug-likeness (QED) is 0.240. The maximum atomic E-state index is 12.5. The Kier molecular flexibility index (Phi) is 6.03. The van der Waals surface area contributed by atoms with Gasteiger partial charge in [-0.05, 0) is 32.0 Å². The van der Waals surface area contributed by atoms with Crippen LogP contribution in [0.15, 0.2) is 41.9 Å². The maximum absolute atomic E-state index is 12.5. The molecule has 29 heavy (non-hydrogen) atoms. The minimum Gasteiger partial charge on any atom is -0.482 e. The molecular weight excluding hydrogens is 398 g/mol. The molecule has 0 bridgehead atoms. The third-order valence-electron chi connectivity index (χ3n) is 4.11. The Morgan fingerprint density at radius 2 is 1.93 bits per heavy atom. The Hall–Kier alpha value is -3.53. The fraction of sp³-hybridized carbons (Fsp3) is 0.211. The molecule has 0 saturated carbocycles. The molecule has 1 aromatic carbocycles. The highest BCUT2D eigenvalue weighted by atomic mass is 32.1. The molecule has 0 atom stereocenters. The number of Topliss-reactive ketones (excluding diaryl/α,β-unsaturated/α-hetero) is 1. The van der Waals surface area contributed by atoms with Gasteiger partial charge in [0.05, 0.1) is 4.92 Å². The number of hydrogen-bond donors (Lipinski definition) is 0. The molecule has 10 heteroatoms. The van der Waals surface area contributed by atoms with E-state index in [1.807, 2.05) is 16.9 Å². The molecule has 0 saturated heterocycles. The van der Waals surface area contributed by atoms with Crippen molar-refractivity contribution in [3.05, 3.63) is 69.0 Å². The molecule has 0 aliphatic heterocycles. The van der Waals surface area contributed by atoms with E-state index >= 15 is 0 Å². The number of thiazole rings is 1. The van der Waals surface area contributed by atoms with Gasteiger partial charge < -0.3 is 9.47 Å². The molecule has 9 nitrogen and oxygen atoms in total. The Bertz CT molecular complexity index is 1040. The Morgan fingerprint density at radius 1 is 1.21 bits per heavy atom. The number of aryl methyl sites for hydroxylation is 1. The van der Waals surface area contributed by atoms with Gasteiger partial charge in [-0.1, -0.05) is 0 Å². The predicted molar refractivity (Wildman–Crippen MR) is 105 cm³/mol. The summed E-state index contributed by atoms with van der Waals surface area (Å²) in [5.41, 5.74) is 1.96. The van der Waals surface area contributed by atoms with Gasteiger partial charge in [0.15, 0.2) is 18.3 Å². The third-order valence-corrected chi connectivity index (χ3v) is 4.87. The molecule has 3 rings (SSSR count). The lowest BCUT2D eigenvalue weighted by atomic mass is 10.1. The van der Waals surface area contributed by atoms with Gasteiger partial charge in [-0.2, -0.15) is 0 Å². The van der Waals surface area contributed by atoms with Gasteiger partial charge in [0, 0.05) is 40.7 Å². The molecule has 0 amide bonds. The number of esters is 1. The Morgan fingerprint density at radius 3 is 2.55 bits per heavy atom. The average Bonchev–Trinajstić information content (AvgIpc) is 3.32. The second-order valence-corrected chi connectivity index (χ2v) is 6.93. The predicted octanol–water partition coefficient (Wildman–Crippen LogP) is 3.26. The fourth-order valence-corrected chi connectivity index (χ4v) is 3.49. The summed E-state index contributed by atoms with van der Waals surface area (Å²) >= 11 is 1.46. The van der Waals surface area contributed by atoms with E-state index in [9.17, 15) is 19.7 Å². The summed E-state index contributed by atoms with van der Waals surface area (Å²) in [7, 11) is 0. The first-order chi connectivity index (χ1) is 13.9. The van der Waals surface area contributed by atoms with E-state index < -0.39 is 24.1 Å². The number of carbonyl (C=O) groups is 2. The van der Waals surface area contributed by atoms with Crippen LogP contribution in [0.3, 0.4) is 0 Å². The zero-order valence-corrected chi connectivity index (χ0v) is 16.5. The molecule has 0 unspecified atom stereocenters. The molecule has 150 valence electrons. The summed E-state index contributed by atoms with van der Waals surface area (Å²) in [6.45, 7) is 2.85. The van der Waals surface area contributed by atoms with Crippen molar-refractivity contribution in [1.29, 1.82) is 0 Å². The van der Waals surface area contributed by atoms with Gasteiger partial charge in [0.25, 0.3) is 5.69 Å². The number of nitro benzene ring substituents is 1. The molecule has 0 radical (unpaired) electrons. The average molecular weight is 415 g/mol. The van der Waals surface area contributed by atoms with Crippen molar-refractivity contribution in [3.8, 4) is 10.9 Å². The summed E-state index contributed by atoms with van der Waals surface area (Å²) in [6, 6.07) is 7.03. The summed E-state index contributed by atoms with van der Waals surface area (Å²) in [4.78, 5) is 38.7. The number of ketones is 1. The smallest absolute Gasteiger partial charge is 0.344 e. The van der Waals surface area contributed by atoms with E-state index in [1.54, 1.807) is 19.2 Å². The zero-order chi connectivity index (χ0) is 21.0. The summed E-state index contributed by atoms with van der Waals surface area (Å²) in [6.07, 6.45) is 1.69. The first kappa shape index (κ1) is 20.2. The second-order valence-electron chi connectivity index (χ2n) is 6.06. The number of aromatic nitrogens is 2. The third kappa shape index (κ3) is 4.66. The van der Waals surface area contributed by atoms with Crippen LogP contribution >= 0.6 is 11.3 Å². The highest BCUT2D eigenvalue weighted by Gasteiger charge is 2.19. The van der Waals surface area contributed by atoms with Crippen LogP contribution in [0.4, 0.5) is 5.69 Å². The lowest BCUT2D eigenvalue weighted by molar-refractivity contribution is -0.384. The lowest BCUT2D eigenvalue weighted by Gasteiger charge is -2.07. The van der Waals surface area contributed by atoms with Crippen LogP contribution in [0.2, 0.25) is 0 Å². The summed E-state index contributed by atoms with van der Waals surface area (Å²) < 4.78 is 12.1. The molecule has 0 N–H and O–H groups in total. The van der Waals surface area contributed by atoms with Crippen molar-refractivity contribution < 1.29 is 24.0 Å². The summed E-state index contributed by atoms with van der Waals surface area (Å²) in [5, 5.41) is 13.2. The molecule has 3 aromatic rings. The molecular formula is C19H17N3O6S. The van der Waals surface area contributed by atoms with Crippen molar-refractivity contribution in [3.63, 3.8) is 0 Å². The number of non-ortho nitro benzene ring substituents is 1. The van der Waals surface area contributed by atoms with Crippen molar-refractivity contribution in [2.75, 3.05) is 13.2 Å². The molecule has 2 heterocycles. The number of hydrogen-bond acceptors (Lipinski definition) is 8. The number of benzene rings is 1. The van der Waals surface area contributed by atoms with Gasteiger partial charge in [0.2, 0.25) is 5.78 Å². The van der Waals surface area contributed by atoms with Crippen LogP contribution < -0.4 is 4.74 Å². The molecule has 0 fully saturated rings. The Labute approximate surface area is 169 Å². The van der Waals surface area contributed by atoms with Gasteiger partial charge in [-0.25, -0.2) is 9.78 Å². The molecule has 0 spiro atoms. The van der Waals surface area contributed by atoms with Crippen LogP contribution in [-0.4, -0.2) is 39.4 Å². The van der Waals surface area contributed by atoms with Crippen LogP contribution in [0.5, 0.6) is 5.75 Å². The SMILES string of the molecule is Cc1cc(C(=O)COC(=O)COc2ccc([N+](=O)[O-])cc2)c(C)n1-c1nccs1. The first-order valence-electron chi connectivity index (χ1n) is 8.51. The first-order valence-corrected chi connectivity index (χ1v) is 9.39. The zero-order valence-electron chi connectivity index (χ0n) is 15.7. The fourth-order valence-electron chi connectivity index (χ4n) is 2.74. The van der Waals surface area contributed by atoms with Gasteiger partial charge in [0.1, 0.15) is 5.75 Å². The standard InChI is InChI=1S/C19H17N3O6S/c1-12-9-16(13(2)21(12)19-20-7-8-29-19)17(23)10-28-18(24)11-27-15-5-3-14(4-6-15)22(25)26/h3-9H,10-11H2,1-2H3. The van der Waals surface area contributed by atoms with Crippen LogP contribution in [-0.2, 0) is 9.53 Å². The van der Waals surface area contributed by atoms with Gasteiger partial charge >= 0.3 is 5.97 Å². The minimum absolute atomic E-state index is 0.0825. The van der Waals surface area contributed by atoms with E-state index in [1.165, 1.54) is 35.6 Å². The Balaban J connectivity index is 1.55. The second kappa shape index (κ2) is 8.65. The van der Waals surface area contributed by atoms with Crippen molar-refractivity contribution in [2.45, 2.75) is 13.8 Å². The van der Waals surface area contributed by atoms with Gasteiger partial charge in [-0.15, -0.1) is 11.3 Å². The molecule has 0 aliphatic rings. The largest absolute Gasteiger partial charge is 0.482 e. The topological polar surface area (TPSA) is 114 Å². The number of rotatable bonds is 8. The van der Waals surface area contributed by atoms with E-state index in [4.69, 9.17) is 9.47 Å². The number of carbonyl (C=O) groups excluding carboxylic acids is 2. The molecule has 0 aliphatic carbocycles. The van der Waals surface area contributed by atoms with E-state index in [-0.39, 0.29) is 17.2 Å². The van der Waals surface area contributed by atoms with Crippen molar-refractivity contribution >= 4 is 28.8 Å². The van der Waals surface area contributed by atoms with Gasteiger partial charge in [-0.3, -0.25) is 19.5 Å². The van der Waals surface area contributed by atoms with Crippen LogP contribution in [0.25, 0.3) is 5.13 Å². The number of nitro groups is 1.